The third-order valence-electron chi connectivity index (χ3n) is 2.33. The van der Waals surface area contributed by atoms with Crippen molar-refractivity contribution < 1.29 is 27.8 Å². The van der Waals surface area contributed by atoms with Crippen LogP contribution in [0.2, 0.25) is 0 Å². The minimum absolute atomic E-state index is 0.0922. The largest absolute Gasteiger partial charge is 0.465 e. The Kier molecular flexibility index (Phi) is 2.32. The summed E-state index contributed by atoms with van der Waals surface area (Å²) in [5.74, 6) is -5.71. The van der Waals surface area contributed by atoms with Gasteiger partial charge in [-0.15, -0.1) is 0 Å². The Bertz CT molecular complexity index is 486. The van der Waals surface area contributed by atoms with Gasteiger partial charge >= 0.3 is 17.9 Å². The monoisotopic (exact) mass is 247 g/mol. The second-order valence-corrected chi connectivity index (χ2v) is 3.70. The Hall–Kier alpha value is -1.76. The first-order chi connectivity index (χ1) is 7.74. The maximum atomic E-state index is 12.5. The maximum Gasteiger partial charge on any atom is 0.465 e. The third-order valence-corrected chi connectivity index (χ3v) is 2.33. The number of ether oxygens (including phenoxy) is 1. The fourth-order valence-corrected chi connectivity index (χ4v) is 1.42. The summed E-state index contributed by atoms with van der Waals surface area (Å²) in [5.41, 5.74) is 0.735. The Morgan fingerprint density at radius 1 is 1.41 bits per heavy atom. The van der Waals surface area contributed by atoms with Crippen molar-refractivity contribution in [1.29, 1.82) is 0 Å². The Labute approximate surface area is 94.0 Å². The van der Waals surface area contributed by atoms with E-state index in [-0.39, 0.29) is 11.4 Å². The first-order valence-corrected chi connectivity index (χ1v) is 4.64. The van der Waals surface area contributed by atoms with E-state index in [2.05, 4.69) is 4.74 Å². The molecule has 92 valence electrons. The van der Waals surface area contributed by atoms with Crippen molar-refractivity contribution in [1.82, 2.24) is 0 Å². The van der Waals surface area contributed by atoms with Crippen LogP contribution in [-0.2, 0) is 4.79 Å². The minimum atomic E-state index is -5.21. The normalized spacial score (nSPS) is 23.7. The number of nitrogens with one attached hydrogen (secondary N) is 1. The molecule has 1 aliphatic heterocycles. The number of benzene rings is 1. The van der Waals surface area contributed by atoms with Crippen LogP contribution >= 0.6 is 0 Å². The molecule has 0 spiro atoms. The molecule has 1 aromatic rings. The molecule has 1 amide bonds. The summed E-state index contributed by atoms with van der Waals surface area (Å²) < 4.78 is 42.0. The van der Waals surface area contributed by atoms with Crippen molar-refractivity contribution in [2.75, 3.05) is 5.32 Å². The second kappa shape index (κ2) is 3.36. The summed E-state index contributed by atoms with van der Waals surface area (Å²) in [7, 11) is 0. The summed E-state index contributed by atoms with van der Waals surface area (Å²) in [6.07, 6.45) is -5.21. The molecule has 7 heteroatoms. The molecule has 1 unspecified atom stereocenters. The van der Waals surface area contributed by atoms with E-state index in [4.69, 9.17) is 0 Å². The number of hydrogen-bond donors (Lipinski definition) is 2. The van der Waals surface area contributed by atoms with E-state index in [1.807, 2.05) is 5.32 Å². The number of fused-ring (bicyclic) bond motifs is 1. The van der Waals surface area contributed by atoms with Gasteiger partial charge in [-0.3, -0.25) is 4.79 Å². The van der Waals surface area contributed by atoms with Crippen LogP contribution in [0.4, 0.5) is 18.9 Å². The van der Waals surface area contributed by atoms with E-state index in [1.54, 1.807) is 13.0 Å². The van der Waals surface area contributed by atoms with Gasteiger partial charge in [0.15, 0.2) is 0 Å². The van der Waals surface area contributed by atoms with Gasteiger partial charge in [0.25, 0.3) is 0 Å². The van der Waals surface area contributed by atoms with Gasteiger partial charge in [-0.25, -0.2) is 0 Å². The van der Waals surface area contributed by atoms with Gasteiger partial charge in [-0.05, 0) is 24.6 Å². The van der Waals surface area contributed by atoms with Crippen LogP contribution < -0.4 is 10.1 Å². The van der Waals surface area contributed by atoms with Crippen LogP contribution in [0.15, 0.2) is 18.2 Å². The molecule has 0 aromatic heterocycles. The molecule has 1 aromatic carbocycles. The van der Waals surface area contributed by atoms with E-state index < -0.39 is 17.9 Å². The lowest BCUT2D eigenvalue weighted by molar-refractivity contribution is -0.316. The molecule has 0 bridgehead atoms. The van der Waals surface area contributed by atoms with Crippen LogP contribution in [0.25, 0.3) is 0 Å². The molecular weight excluding hydrogens is 239 g/mol. The average molecular weight is 247 g/mol. The Balaban J connectivity index is 2.48. The van der Waals surface area contributed by atoms with Crippen LogP contribution in [0.1, 0.15) is 5.56 Å². The topological polar surface area (TPSA) is 58.6 Å². The predicted octanol–water partition coefficient (Wildman–Crippen LogP) is 1.58. The van der Waals surface area contributed by atoms with Crippen LogP contribution in [0.3, 0.4) is 0 Å². The van der Waals surface area contributed by atoms with Crippen molar-refractivity contribution in [3.8, 4) is 5.75 Å². The van der Waals surface area contributed by atoms with Gasteiger partial charge < -0.3 is 15.2 Å². The third kappa shape index (κ3) is 1.72. The quantitative estimate of drug-likeness (QED) is 0.731. The molecule has 0 aliphatic carbocycles. The Morgan fingerprint density at radius 3 is 2.65 bits per heavy atom. The highest BCUT2D eigenvalue weighted by molar-refractivity contribution is 6.00. The number of aryl methyl sites for hydroxylation is 1. The molecule has 0 saturated heterocycles. The molecule has 2 N–H and O–H groups in total. The van der Waals surface area contributed by atoms with E-state index in [0.717, 1.165) is 0 Å². The van der Waals surface area contributed by atoms with Crippen molar-refractivity contribution >= 4 is 11.6 Å². The molecule has 0 radical (unpaired) electrons. The first kappa shape index (κ1) is 11.7. The smallest absolute Gasteiger partial charge is 0.444 e. The molecule has 4 nitrogen and oxygen atoms in total. The number of halogens is 3. The van der Waals surface area contributed by atoms with E-state index in [9.17, 15) is 23.1 Å². The van der Waals surface area contributed by atoms with Crippen LogP contribution in [-0.4, -0.2) is 23.0 Å². The molecule has 17 heavy (non-hydrogen) atoms. The zero-order valence-corrected chi connectivity index (χ0v) is 8.63. The maximum absolute atomic E-state index is 12.5. The lowest BCUT2D eigenvalue weighted by atomic mass is 10.1. The van der Waals surface area contributed by atoms with E-state index >= 15 is 0 Å². The number of hydrogen-bond acceptors (Lipinski definition) is 3. The molecule has 0 fully saturated rings. The van der Waals surface area contributed by atoms with Crippen molar-refractivity contribution in [3.05, 3.63) is 23.8 Å². The SMILES string of the molecule is Cc1ccc2c(c1)OC(O)(C(F)(F)F)C(=O)N2. The van der Waals surface area contributed by atoms with Gasteiger partial charge in [0, 0.05) is 0 Å². The number of carbonyl (C=O) groups is 1. The number of rotatable bonds is 0. The van der Waals surface area contributed by atoms with Crippen molar-refractivity contribution in [3.63, 3.8) is 0 Å². The summed E-state index contributed by atoms with van der Waals surface area (Å²) in [4.78, 5) is 11.2. The Morgan fingerprint density at radius 2 is 2.06 bits per heavy atom. The zero-order valence-electron chi connectivity index (χ0n) is 8.63. The number of anilines is 1. The van der Waals surface area contributed by atoms with Crippen molar-refractivity contribution in [2.45, 2.75) is 18.9 Å². The molecule has 0 saturated carbocycles. The number of carbonyl (C=O) groups excluding carboxylic acids is 1. The van der Waals surface area contributed by atoms with Gasteiger partial charge in [-0.2, -0.15) is 13.2 Å². The average Bonchev–Trinajstić information content (AvgIpc) is 2.18. The van der Waals surface area contributed by atoms with Gasteiger partial charge in [0.1, 0.15) is 5.75 Å². The second-order valence-electron chi connectivity index (χ2n) is 3.70. The predicted molar refractivity (Wildman–Crippen MR) is 51.4 cm³/mol. The zero-order chi connectivity index (χ0) is 12.8. The lowest BCUT2D eigenvalue weighted by Crippen LogP contribution is -2.60. The molecule has 1 heterocycles. The number of amides is 1. The lowest BCUT2D eigenvalue weighted by Gasteiger charge is -2.33. The highest BCUT2D eigenvalue weighted by Crippen LogP contribution is 2.40. The number of alkyl halides is 3. The summed E-state index contributed by atoms with van der Waals surface area (Å²) >= 11 is 0. The molecule has 2 rings (SSSR count). The van der Waals surface area contributed by atoms with E-state index in [1.165, 1.54) is 12.1 Å². The summed E-state index contributed by atoms with van der Waals surface area (Å²) in [6, 6.07) is 4.30. The highest BCUT2D eigenvalue weighted by Gasteiger charge is 2.64. The van der Waals surface area contributed by atoms with Crippen LogP contribution in [0.5, 0.6) is 5.75 Å². The molecular formula is C10H8F3NO3. The summed E-state index contributed by atoms with van der Waals surface area (Å²) in [5, 5.41) is 11.2. The number of aliphatic hydroxyl groups is 1. The van der Waals surface area contributed by atoms with Gasteiger partial charge in [0.05, 0.1) is 5.69 Å². The van der Waals surface area contributed by atoms with Crippen molar-refractivity contribution in [2.24, 2.45) is 0 Å². The van der Waals surface area contributed by atoms with E-state index in [0.29, 0.717) is 5.56 Å². The minimum Gasteiger partial charge on any atom is -0.444 e. The van der Waals surface area contributed by atoms with Crippen LogP contribution in [0, 0.1) is 6.92 Å². The highest BCUT2D eigenvalue weighted by atomic mass is 19.4. The fraction of sp³-hybridized carbons (Fsp3) is 0.300. The van der Waals surface area contributed by atoms with Gasteiger partial charge in [-0.1, -0.05) is 6.07 Å². The van der Waals surface area contributed by atoms with Gasteiger partial charge in [0.2, 0.25) is 0 Å². The first-order valence-electron chi connectivity index (χ1n) is 4.64. The molecule has 1 atom stereocenters. The molecule has 1 aliphatic rings. The standard InChI is InChI=1S/C10H8F3NO3/c1-5-2-3-6-7(4-5)17-9(16,8(15)14-6)10(11,12)13/h2-4,16H,1H3,(H,14,15). The fourth-order valence-electron chi connectivity index (χ4n) is 1.42. The summed E-state index contributed by atoms with van der Waals surface area (Å²) in [6.45, 7) is 1.65.